The Kier molecular flexibility index (Phi) is 7.29. The second-order valence-corrected chi connectivity index (χ2v) is 13.7. The molecule has 1 aromatic carbocycles. The Bertz CT molecular complexity index is 1610. The Labute approximate surface area is 259 Å². The Hall–Kier alpha value is -3.68. The zero-order valence-electron chi connectivity index (χ0n) is 26.1. The Morgan fingerprint density at radius 2 is 2.00 bits per heavy atom. The molecule has 1 spiro atoms. The Balaban J connectivity index is 1.32. The maximum absolute atomic E-state index is 11.1. The molecule has 7 rings (SSSR count). The van der Waals surface area contributed by atoms with E-state index in [1.165, 1.54) is 0 Å². The lowest BCUT2D eigenvalue weighted by Gasteiger charge is -2.33. The molecule has 0 amide bonds. The normalized spacial score (nSPS) is 27.5. The molecule has 0 bridgehead atoms. The predicted octanol–water partition coefficient (Wildman–Crippen LogP) is 4.76. The van der Waals surface area contributed by atoms with Gasteiger partial charge in [0.15, 0.2) is 17.3 Å². The van der Waals surface area contributed by atoms with E-state index in [1.54, 1.807) is 0 Å². The number of nitriles is 1. The molecule has 0 radical (unpaired) electrons. The van der Waals surface area contributed by atoms with Crippen LogP contribution in [-0.2, 0) is 18.3 Å². The summed E-state index contributed by atoms with van der Waals surface area (Å²) >= 11 is 0. The molecular weight excluding hydrogens is 554 g/mol. The fraction of sp³-hybridized carbons (Fsp3) is 0.588. The molecule has 2 aliphatic carbocycles. The van der Waals surface area contributed by atoms with E-state index in [9.17, 15) is 10.4 Å². The second kappa shape index (κ2) is 11.0. The number of ether oxygens (including phenoxy) is 1. The number of nitrogens with zero attached hydrogens (tertiary/aromatic N) is 6. The van der Waals surface area contributed by atoms with E-state index in [0.29, 0.717) is 41.2 Å². The van der Waals surface area contributed by atoms with Crippen LogP contribution in [0.3, 0.4) is 0 Å². The van der Waals surface area contributed by atoms with Gasteiger partial charge in [-0.25, -0.2) is 4.98 Å². The molecule has 10 nitrogen and oxygen atoms in total. The summed E-state index contributed by atoms with van der Waals surface area (Å²) in [4.78, 5) is 14.5. The molecule has 2 fully saturated rings. The first kappa shape index (κ1) is 29.1. The highest BCUT2D eigenvalue weighted by Gasteiger charge is 2.49. The van der Waals surface area contributed by atoms with Gasteiger partial charge in [0.05, 0.1) is 16.6 Å². The molecule has 232 valence electrons. The van der Waals surface area contributed by atoms with Crippen molar-refractivity contribution in [3.05, 3.63) is 46.2 Å². The van der Waals surface area contributed by atoms with Crippen LogP contribution in [0.1, 0.15) is 93.2 Å². The third-order valence-electron chi connectivity index (χ3n) is 10.6. The zero-order chi connectivity index (χ0) is 30.6. The van der Waals surface area contributed by atoms with Crippen LogP contribution >= 0.6 is 0 Å². The minimum Gasteiger partial charge on any atom is -0.473 e. The van der Waals surface area contributed by atoms with Crippen LogP contribution < -0.4 is 15.4 Å². The quantitative estimate of drug-likeness (QED) is 0.396. The smallest absolute Gasteiger partial charge is 0.219 e. The summed E-state index contributed by atoms with van der Waals surface area (Å²) in [7, 11) is 2.15. The molecule has 2 aromatic heterocycles. The number of likely N-dealkylation sites (N-methyl/N-ethyl adjacent to an activating group) is 1. The number of hydrogen-bond donors (Lipinski definition) is 2. The van der Waals surface area contributed by atoms with Gasteiger partial charge >= 0.3 is 0 Å². The van der Waals surface area contributed by atoms with Gasteiger partial charge in [0, 0.05) is 36.4 Å². The minimum absolute atomic E-state index is 0.0512. The summed E-state index contributed by atoms with van der Waals surface area (Å²) in [6.07, 6.45) is 9.22. The van der Waals surface area contributed by atoms with Crippen molar-refractivity contribution >= 4 is 11.5 Å². The molecule has 4 heterocycles. The van der Waals surface area contributed by atoms with E-state index in [-0.39, 0.29) is 6.10 Å². The van der Waals surface area contributed by atoms with Gasteiger partial charge in [0.1, 0.15) is 18.0 Å². The van der Waals surface area contributed by atoms with E-state index >= 15 is 0 Å². The van der Waals surface area contributed by atoms with Gasteiger partial charge in [-0.15, -0.1) is 0 Å². The molecule has 0 saturated carbocycles. The fourth-order valence-electron chi connectivity index (χ4n) is 8.37. The molecular formula is C34H43N7O3. The van der Waals surface area contributed by atoms with E-state index in [0.717, 1.165) is 106 Å². The maximum Gasteiger partial charge on any atom is 0.219 e. The summed E-state index contributed by atoms with van der Waals surface area (Å²) in [5.74, 6) is 2.53. The van der Waals surface area contributed by atoms with Crippen LogP contribution in [0.15, 0.2) is 22.7 Å². The van der Waals surface area contributed by atoms with Crippen molar-refractivity contribution in [3.63, 3.8) is 0 Å². The summed E-state index contributed by atoms with van der Waals surface area (Å²) in [5, 5.41) is 25.8. The number of aliphatic hydroxyl groups is 1. The molecule has 4 atom stereocenters. The Morgan fingerprint density at radius 3 is 2.80 bits per heavy atom. The van der Waals surface area contributed by atoms with Crippen molar-refractivity contribution in [2.75, 3.05) is 37.3 Å². The number of β-amino-alcohol motifs (C(OH)–C–C–N with tert-alkyl or cyclic N) is 1. The monoisotopic (exact) mass is 597 g/mol. The third-order valence-corrected chi connectivity index (χ3v) is 10.6. The summed E-state index contributed by atoms with van der Waals surface area (Å²) < 4.78 is 12.8. The van der Waals surface area contributed by atoms with Crippen molar-refractivity contribution in [3.8, 4) is 23.5 Å². The molecule has 2 aliphatic heterocycles. The summed E-state index contributed by atoms with van der Waals surface area (Å²) in [6.45, 7) is 6.36. The lowest BCUT2D eigenvalue weighted by Crippen LogP contribution is -2.40. The van der Waals surface area contributed by atoms with Gasteiger partial charge < -0.3 is 25.0 Å². The molecule has 44 heavy (non-hydrogen) atoms. The number of nitrogens with two attached hydrogens (primary N) is 1. The summed E-state index contributed by atoms with van der Waals surface area (Å²) in [5.41, 5.74) is 9.93. The molecule has 10 heteroatoms. The van der Waals surface area contributed by atoms with Crippen molar-refractivity contribution in [1.82, 2.24) is 20.0 Å². The first-order valence-corrected chi connectivity index (χ1v) is 16.2. The number of rotatable bonds is 5. The highest BCUT2D eigenvalue weighted by Crippen LogP contribution is 2.54. The van der Waals surface area contributed by atoms with Crippen molar-refractivity contribution < 1.29 is 14.4 Å². The molecule has 4 aliphatic rings. The average Bonchev–Trinajstić information content (AvgIpc) is 3.69. The standard InChI is InChI=1S/C34H43N7O3/c1-21(26-9-7-16-40(26)3)43-28-18-27(41-17-5-4-13-33(2,42)20-41)37-32(38-28)30-23-8-6-14-34(31(23)44-39-30)15-12-22-10-11-25(36)24(19-35)29(22)34/h10-11,18,21,26,42H,4-9,12-17,20,36H2,1-3H3/t21-,26-,33?,34-/m0/s1. The fourth-order valence-corrected chi connectivity index (χ4v) is 8.37. The Morgan fingerprint density at radius 1 is 1.14 bits per heavy atom. The van der Waals surface area contributed by atoms with Crippen LogP contribution in [0.5, 0.6) is 5.88 Å². The summed E-state index contributed by atoms with van der Waals surface area (Å²) in [6, 6.07) is 8.52. The SMILES string of the molecule is C[C@H](Oc1cc(N2CCCCC(C)(O)C2)nc(-c2noc3c2CCC[C@@]32CCc3ccc(N)c(C#N)c32)n1)[C@@H]1CCCN1C. The van der Waals surface area contributed by atoms with Crippen LogP contribution in [0.25, 0.3) is 11.5 Å². The first-order valence-electron chi connectivity index (χ1n) is 16.2. The number of aromatic nitrogens is 3. The number of nitrogen functional groups attached to an aromatic ring is 1. The number of aryl methyl sites for hydroxylation is 1. The number of anilines is 2. The van der Waals surface area contributed by atoms with Gasteiger partial charge in [-0.2, -0.15) is 10.2 Å². The molecule has 1 unspecified atom stereocenters. The van der Waals surface area contributed by atoms with Crippen LogP contribution in [0, 0.1) is 11.3 Å². The van der Waals surface area contributed by atoms with E-state index in [4.69, 9.17) is 25.0 Å². The zero-order valence-corrected chi connectivity index (χ0v) is 26.1. The maximum atomic E-state index is 11.1. The van der Waals surface area contributed by atoms with Crippen LogP contribution in [-0.4, -0.2) is 69.6 Å². The van der Waals surface area contributed by atoms with E-state index < -0.39 is 11.0 Å². The van der Waals surface area contributed by atoms with Crippen molar-refractivity contribution in [2.24, 2.45) is 0 Å². The average molecular weight is 598 g/mol. The van der Waals surface area contributed by atoms with Gasteiger partial charge in [0.2, 0.25) is 5.88 Å². The lowest BCUT2D eigenvalue weighted by molar-refractivity contribution is 0.0611. The number of hydrogen-bond acceptors (Lipinski definition) is 10. The topological polar surface area (TPSA) is 138 Å². The largest absolute Gasteiger partial charge is 0.473 e. The molecule has 3 aromatic rings. The number of fused-ring (bicyclic) bond motifs is 4. The highest BCUT2D eigenvalue weighted by atomic mass is 16.5. The van der Waals surface area contributed by atoms with Crippen molar-refractivity contribution in [1.29, 1.82) is 5.26 Å². The third kappa shape index (κ3) is 4.90. The van der Waals surface area contributed by atoms with Crippen LogP contribution in [0.2, 0.25) is 0 Å². The second-order valence-electron chi connectivity index (χ2n) is 13.7. The molecule has 2 saturated heterocycles. The van der Waals surface area contributed by atoms with E-state index in [1.807, 2.05) is 19.1 Å². The number of likely N-dealkylation sites (tertiary alicyclic amines) is 1. The molecule has 3 N–H and O–H groups in total. The van der Waals surface area contributed by atoms with Gasteiger partial charge in [-0.3, -0.25) is 4.90 Å². The van der Waals surface area contributed by atoms with Gasteiger partial charge in [0.25, 0.3) is 0 Å². The highest BCUT2D eigenvalue weighted by molar-refractivity contribution is 5.68. The van der Waals surface area contributed by atoms with Crippen molar-refractivity contribution in [2.45, 2.75) is 101 Å². The first-order chi connectivity index (χ1) is 21.2. The van der Waals surface area contributed by atoms with Gasteiger partial charge in [-0.1, -0.05) is 11.2 Å². The number of benzene rings is 1. The van der Waals surface area contributed by atoms with E-state index in [2.05, 4.69) is 41.1 Å². The van der Waals surface area contributed by atoms with Crippen LogP contribution in [0.4, 0.5) is 11.5 Å². The van der Waals surface area contributed by atoms with Gasteiger partial charge in [-0.05, 0) is 109 Å². The predicted molar refractivity (Wildman–Crippen MR) is 168 cm³/mol. The minimum atomic E-state index is -0.807. The lowest BCUT2D eigenvalue weighted by atomic mass is 9.68.